The van der Waals surface area contributed by atoms with Crippen LogP contribution in [0.4, 0.5) is 0 Å². The first kappa shape index (κ1) is 13.5. The molecule has 0 saturated heterocycles. The fourth-order valence-electron chi connectivity index (χ4n) is 1.83. The van der Waals surface area contributed by atoms with E-state index in [9.17, 15) is 5.11 Å². The van der Waals surface area contributed by atoms with E-state index in [1.54, 1.807) is 19.2 Å². The average molecular weight is 258 g/mol. The van der Waals surface area contributed by atoms with Gasteiger partial charge in [0.25, 0.3) is 0 Å². The van der Waals surface area contributed by atoms with Crippen LogP contribution >= 0.6 is 0 Å². The topological polar surface area (TPSA) is 55.2 Å². The third-order valence-electron chi connectivity index (χ3n) is 2.62. The fraction of sp³-hybridized carbons (Fsp3) is 0.333. The van der Waals surface area contributed by atoms with Crippen LogP contribution < -0.4 is 4.74 Å². The number of aliphatic hydroxyl groups excluding tert-OH is 1. The Balaban J connectivity index is 2.26. The lowest BCUT2D eigenvalue weighted by Crippen LogP contribution is -2.07. The SMILES string of the molecule is Cc1nccc(C(O)c2cccc(OC(C)C)c2)n1. The molecule has 1 aromatic heterocycles. The van der Waals surface area contributed by atoms with Crippen molar-refractivity contribution < 1.29 is 9.84 Å². The van der Waals surface area contributed by atoms with Gasteiger partial charge in [0.2, 0.25) is 0 Å². The van der Waals surface area contributed by atoms with Gasteiger partial charge in [-0.15, -0.1) is 0 Å². The van der Waals surface area contributed by atoms with E-state index in [-0.39, 0.29) is 6.10 Å². The van der Waals surface area contributed by atoms with E-state index in [4.69, 9.17) is 4.74 Å². The standard InChI is InChI=1S/C15H18N2O2/c1-10(2)19-13-6-4-5-12(9-13)15(18)14-7-8-16-11(3)17-14/h4-10,15,18H,1-3H3. The van der Waals surface area contributed by atoms with Crippen molar-refractivity contribution in [2.45, 2.75) is 33.0 Å². The maximum Gasteiger partial charge on any atom is 0.125 e. The number of ether oxygens (including phenoxy) is 1. The van der Waals surface area contributed by atoms with Crippen molar-refractivity contribution in [1.82, 2.24) is 9.97 Å². The minimum Gasteiger partial charge on any atom is -0.491 e. The van der Waals surface area contributed by atoms with Crippen LogP contribution in [0.2, 0.25) is 0 Å². The lowest BCUT2D eigenvalue weighted by molar-refractivity contribution is 0.211. The first-order chi connectivity index (χ1) is 9.06. The summed E-state index contributed by atoms with van der Waals surface area (Å²) < 4.78 is 5.62. The Morgan fingerprint density at radius 1 is 1.21 bits per heavy atom. The summed E-state index contributed by atoms with van der Waals surface area (Å²) in [7, 11) is 0. The predicted octanol–water partition coefficient (Wildman–Crippen LogP) is 2.65. The molecular formula is C15H18N2O2. The molecule has 1 heterocycles. The molecule has 2 rings (SSSR count). The maximum atomic E-state index is 10.3. The molecule has 4 nitrogen and oxygen atoms in total. The molecule has 0 bridgehead atoms. The van der Waals surface area contributed by atoms with Crippen LogP contribution in [-0.4, -0.2) is 21.2 Å². The van der Waals surface area contributed by atoms with Crippen molar-refractivity contribution in [2.75, 3.05) is 0 Å². The molecule has 1 unspecified atom stereocenters. The first-order valence-electron chi connectivity index (χ1n) is 6.30. The molecule has 0 spiro atoms. The molecule has 0 saturated carbocycles. The zero-order chi connectivity index (χ0) is 13.8. The van der Waals surface area contributed by atoms with E-state index in [2.05, 4.69) is 9.97 Å². The Hall–Kier alpha value is -1.94. The predicted molar refractivity (Wildman–Crippen MR) is 73.0 cm³/mol. The second-order valence-electron chi connectivity index (χ2n) is 4.67. The quantitative estimate of drug-likeness (QED) is 0.916. The van der Waals surface area contributed by atoms with Gasteiger partial charge in [0.1, 0.15) is 17.7 Å². The van der Waals surface area contributed by atoms with Gasteiger partial charge >= 0.3 is 0 Å². The van der Waals surface area contributed by atoms with Crippen LogP contribution in [0.3, 0.4) is 0 Å². The van der Waals surface area contributed by atoms with E-state index in [0.717, 1.165) is 11.3 Å². The van der Waals surface area contributed by atoms with Crippen LogP contribution in [-0.2, 0) is 0 Å². The molecule has 19 heavy (non-hydrogen) atoms. The smallest absolute Gasteiger partial charge is 0.125 e. The fourth-order valence-corrected chi connectivity index (χ4v) is 1.83. The van der Waals surface area contributed by atoms with Gasteiger partial charge in [-0.2, -0.15) is 0 Å². The number of hydrogen-bond acceptors (Lipinski definition) is 4. The van der Waals surface area contributed by atoms with Crippen molar-refractivity contribution in [1.29, 1.82) is 0 Å². The molecule has 100 valence electrons. The molecule has 0 aliphatic heterocycles. The molecule has 1 aromatic carbocycles. The van der Waals surface area contributed by atoms with E-state index >= 15 is 0 Å². The second kappa shape index (κ2) is 5.80. The summed E-state index contributed by atoms with van der Waals surface area (Å²) in [6, 6.07) is 9.15. The molecule has 0 aliphatic carbocycles. The Morgan fingerprint density at radius 3 is 2.68 bits per heavy atom. The van der Waals surface area contributed by atoms with Crippen molar-refractivity contribution >= 4 is 0 Å². The minimum absolute atomic E-state index is 0.105. The normalized spacial score (nSPS) is 12.5. The summed E-state index contributed by atoms with van der Waals surface area (Å²) in [6.45, 7) is 5.74. The van der Waals surface area contributed by atoms with Gasteiger partial charge in [-0.1, -0.05) is 12.1 Å². The van der Waals surface area contributed by atoms with Crippen LogP contribution in [0.15, 0.2) is 36.5 Å². The number of aryl methyl sites for hydroxylation is 1. The van der Waals surface area contributed by atoms with Crippen molar-refractivity contribution in [3.8, 4) is 5.75 Å². The number of benzene rings is 1. The highest BCUT2D eigenvalue weighted by Crippen LogP contribution is 2.24. The van der Waals surface area contributed by atoms with Gasteiger partial charge in [-0.25, -0.2) is 9.97 Å². The number of nitrogens with zero attached hydrogens (tertiary/aromatic N) is 2. The van der Waals surface area contributed by atoms with Crippen molar-refractivity contribution in [3.63, 3.8) is 0 Å². The van der Waals surface area contributed by atoms with E-state index in [1.165, 1.54) is 0 Å². The second-order valence-corrected chi connectivity index (χ2v) is 4.67. The summed E-state index contributed by atoms with van der Waals surface area (Å²) in [6.07, 6.45) is 0.987. The molecule has 0 fully saturated rings. The lowest BCUT2D eigenvalue weighted by Gasteiger charge is -2.14. The van der Waals surface area contributed by atoms with E-state index in [1.807, 2.05) is 38.1 Å². The summed E-state index contributed by atoms with van der Waals surface area (Å²) >= 11 is 0. The average Bonchev–Trinajstić information content (AvgIpc) is 2.37. The molecule has 0 radical (unpaired) electrons. The van der Waals surface area contributed by atoms with Crippen molar-refractivity contribution in [2.24, 2.45) is 0 Å². The molecule has 2 aromatic rings. The van der Waals surface area contributed by atoms with E-state index in [0.29, 0.717) is 11.5 Å². The Bertz CT molecular complexity index is 555. The minimum atomic E-state index is -0.766. The number of aliphatic hydroxyl groups is 1. The van der Waals surface area contributed by atoms with Crippen LogP contribution in [0, 0.1) is 6.92 Å². The summed E-state index contributed by atoms with van der Waals surface area (Å²) in [4.78, 5) is 8.26. The van der Waals surface area contributed by atoms with Gasteiger partial charge in [0, 0.05) is 6.20 Å². The molecular weight excluding hydrogens is 240 g/mol. The van der Waals surface area contributed by atoms with Crippen LogP contribution in [0.5, 0.6) is 5.75 Å². The third-order valence-corrected chi connectivity index (χ3v) is 2.62. The molecule has 0 aliphatic rings. The Morgan fingerprint density at radius 2 is 2.00 bits per heavy atom. The Labute approximate surface area is 113 Å². The lowest BCUT2D eigenvalue weighted by atomic mass is 10.1. The van der Waals surface area contributed by atoms with Crippen LogP contribution in [0.25, 0.3) is 0 Å². The summed E-state index contributed by atoms with van der Waals surface area (Å²) in [5, 5.41) is 10.3. The largest absolute Gasteiger partial charge is 0.491 e. The first-order valence-corrected chi connectivity index (χ1v) is 6.30. The van der Waals surface area contributed by atoms with Gasteiger partial charge in [-0.3, -0.25) is 0 Å². The monoisotopic (exact) mass is 258 g/mol. The number of rotatable bonds is 4. The van der Waals surface area contributed by atoms with Gasteiger partial charge in [-0.05, 0) is 44.5 Å². The van der Waals surface area contributed by atoms with Crippen LogP contribution in [0.1, 0.15) is 37.0 Å². The van der Waals surface area contributed by atoms with Gasteiger partial charge in [0.15, 0.2) is 0 Å². The number of aromatic nitrogens is 2. The maximum absolute atomic E-state index is 10.3. The molecule has 1 atom stereocenters. The highest BCUT2D eigenvalue weighted by Gasteiger charge is 2.13. The third kappa shape index (κ3) is 3.51. The van der Waals surface area contributed by atoms with Gasteiger partial charge < -0.3 is 9.84 Å². The van der Waals surface area contributed by atoms with Gasteiger partial charge in [0.05, 0.1) is 11.8 Å². The van der Waals surface area contributed by atoms with E-state index < -0.39 is 6.10 Å². The van der Waals surface area contributed by atoms with Crippen molar-refractivity contribution in [3.05, 3.63) is 53.6 Å². The zero-order valence-electron chi connectivity index (χ0n) is 11.4. The highest BCUT2D eigenvalue weighted by atomic mass is 16.5. The molecule has 4 heteroatoms. The highest BCUT2D eigenvalue weighted by molar-refractivity contribution is 5.33. The molecule has 0 amide bonds. The Kier molecular flexibility index (Phi) is 4.12. The molecule has 1 N–H and O–H groups in total. The summed E-state index contributed by atoms with van der Waals surface area (Å²) in [5.74, 6) is 1.39. The summed E-state index contributed by atoms with van der Waals surface area (Å²) in [5.41, 5.74) is 1.35. The number of hydrogen-bond donors (Lipinski definition) is 1. The zero-order valence-corrected chi connectivity index (χ0v) is 11.4.